The van der Waals surface area contributed by atoms with Crippen LogP contribution in [0.5, 0.6) is 0 Å². The third kappa shape index (κ3) is 6.58. The lowest BCUT2D eigenvalue weighted by atomic mass is 10.2. The second-order valence-corrected chi connectivity index (χ2v) is 6.87. The van der Waals surface area contributed by atoms with Gasteiger partial charge in [-0.05, 0) is 75.0 Å². The van der Waals surface area contributed by atoms with Crippen molar-refractivity contribution >= 4 is 34.7 Å². The van der Waals surface area contributed by atoms with Crippen molar-refractivity contribution in [2.45, 2.75) is 20.8 Å². The second kappa shape index (κ2) is 10.7. The Balaban J connectivity index is 1.85. The highest BCUT2D eigenvalue weighted by molar-refractivity contribution is 7.80. The van der Waals surface area contributed by atoms with Gasteiger partial charge in [0, 0.05) is 11.4 Å². The Morgan fingerprint density at radius 3 is 2.29 bits per heavy atom. The first-order chi connectivity index (χ1) is 13.4. The molecule has 0 amide bonds. The fraction of sp³-hybridized carbons (Fsp3) is 0.333. The van der Waals surface area contributed by atoms with Gasteiger partial charge in [0.05, 0.1) is 18.7 Å². The quantitative estimate of drug-likeness (QED) is 0.466. The van der Waals surface area contributed by atoms with Crippen molar-refractivity contribution < 1.29 is 18.8 Å². The predicted molar refractivity (Wildman–Crippen MR) is 115 cm³/mol. The van der Waals surface area contributed by atoms with E-state index in [0.717, 1.165) is 19.6 Å². The number of ether oxygens (including phenoxy) is 1. The SMILES string of the molecule is CC[NH+](CC)CCOC(=O)c1ccc(NC(=S)Nc2ccc(C)c(F)c2)cc1. The van der Waals surface area contributed by atoms with E-state index in [1.165, 1.54) is 11.0 Å². The Bertz CT molecular complexity index is 808. The lowest BCUT2D eigenvalue weighted by Gasteiger charge is -2.15. The van der Waals surface area contributed by atoms with Crippen LogP contribution in [-0.4, -0.2) is 37.3 Å². The van der Waals surface area contributed by atoms with Crippen LogP contribution < -0.4 is 15.5 Å². The zero-order valence-electron chi connectivity index (χ0n) is 16.5. The molecule has 0 spiro atoms. The summed E-state index contributed by atoms with van der Waals surface area (Å²) in [6.07, 6.45) is 0. The van der Waals surface area contributed by atoms with Crippen molar-refractivity contribution in [3.63, 3.8) is 0 Å². The molecule has 2 aromatic carbocycles. The molecule has 0 heterocycles. The van der Waals surface area contributed by atoms with Crippen molar-refractivity contribution in [2.75, 3.05) is 36.9 Å². The average Bonchev–Trinajstić information content (AvgIpc) is 2.68. The maximum Gasteiger partial charge on any atom is 0.338 e. The van der Waals surface area contributed by atoms with Crippen LogP contribution in [0.3, 0.4) is 0 Å². The highest BCUT2D eigenvalue weighted by Crippen LogP contribution is 2.15. The van der Waals surface area contributed by atoms with Gasteiger partial charge in [0.1, 0.15) is 19.0 Å². The number of halogens is 1. The molecule has 7 heteroatoms. The summed E-state index contributed by atoms with van der Waals surface area (Å²) in [5.41, 5.74) is 2.34. The third-order valence-corrected chi connectivity index (χ3v) is 4.70. The van der Waals surface area contributed by atoms with E-state index < -0.39 is 0 Å². The van der Waals surface area contributed by atoms with Crippen molar-refractivity contribution in [1.82, 2.24) is 0 Å². The maximum absolute atomic E-state index is 13.6. The van der Waals surface area contributed by atoms with E-state index in [1.54, 1.807) is 43.3 Å². The first kappa shape index (κ1) is 21.8. The van der Waals surface area contributed by atoms with E-state index >= 15 is 0 Å². The molecule has 0 aliphatic heterocycles. The lowest BCUT2D eigenvalue weighted by molar-refractivity contribution is -0.896. The van der Waals surface area contributed by atoms with Gasteiger partial charge >= 0.3 is 5.97 Å². The van der Waals surface area contributed by atoms with Gasteiger partial charge in [-0.15, -0.1) is 0 Å². The number of hydrogen-bond donors (Lipinski definition) is 3. The van der Waals surface area contributed by atoms with Gasteiger partial charge in [0.25, 0.3) is 0 Å². The summed E-state index contributed by atoms with van der Waals surface area (Å²) in [5.74, 6) is -0.632. The molecule has 0 saturated heterocycles. The number of carbonyl (C=O) groups is 1. The molecular formula is C21H27FN3O2S+. The molecule has 0 saturated carbocycles. The zero-order valence-corrected chi connectivity index (χ0v) is 17.3. The standard InChI is InChI=1S/C21H26FN3O2S/c1-4-25(5-2)12-13-27-20(26)16-7-10-17(11-8-16)23-21(28)24-18-9-6-15(3)19(22)14-18/h6-11,14H,4-5,12-13H2,1-3H3,(H2,23,24,28)/p+1. The minimum absolute atomic E-state index is 0.293. The number of anilines is 2. The van der Waals surface area contributed by atoms with Crippen LogP contribution in [0.4, 0.5) is 15.8 Å². The van der Waals surface area contributed by atoms with Crippen molar-refractivity contribution in [2.24, 2.45) is 0 Å². The molecule has 0 aliphatic carbocycles. The molecule has 28 heavy (non-hydrogen) atoms. The molecule has 0 aromatic heterocycles. The van der Waals surface area contributed by atoms with Gasteiger partial charge in [0.15, 0.2) is 5.11 Å². The number of thiocarbonyl (C=S) groups is 1. The van der Waals surface area contributed by atoms with E-state index in [2.05, 4.69) is 24.5 Å². The van der Waals surface area contributed by atoms with Crippen molar-refractivity contribution in [3.8, 4) is 0 Å². The minimum Gasteiger partial charge on any atom is -0.456 e. The molecule has 150 valence electrons. The molecule has 0 radical (unpaired) electrons. The smallest absolute Gasteiger partial charge is 0.338 e. The van der Waals surface area contributed by atoms with E-state index in [4.69, 9.17) is 17.0 Å². The zero-order chi connectivity index (χ0) is 20.5. The summed E-state index contributed by atoms with van der Waals surface area (Å²) in [6, 6.07) is 11.7. The number of nitrogens with one attached hydrogen (secondary N) is 3. The number of hydrogen-bond acceptors (Lipinski definition) is 3. The minimum atomic E-state index is -0.339. The number of quaternary nitrogens is 1. The molecule has 3 N–H and O–H groups in total. The molecular weight excluding hydrogens is 377 g/mol. The largest absolute Gasteiger partial charge is 0.456 e. The van der Waals surface area contributed by atoms with Crippen molar-refractivity contribution in [3.05, 3.63) is 59.4 Å². The third-order valence-electron chi connectivity index (χ3n) is 4.50. The number of carbonyl (C=O) groups excluding carboxylic acids is 1. The second-order valence-electron chi connectivity index (χ2n) is 6.46. The van der Waals surface area contributed by atoms with Gasteiger partial charge in [-0.3, -0.25) is 0 Å². The topological polar surface area (TPSA) is 54.8 Å². The summed E-state index contributed by atoms with van der Waals surface area (Å²) in [6.45, 7) is 9.15. The summed E-state index contributed by atoms with van der Waals surface area (Å²) in [5, 5.41) is 6.27. The van der Waals surface area contributed by atoms with Crippen molar-refractivity contribution in [1.29, 1.82) is 0 Å². The molecule has 2 rings (SSSR count). The summed E-state index contributed by atoms with van der Waals surface area (Å²) < 4.78 is 18.9. The van der Waals surface area contributed by atoms with E-state index in [1.807, 2.05) is 0 Å². The van der Waals surface area contributed by atoms with Crippen LogP contribution in [0.1, 0.15) is 29.8 Å². The Morgan fingerprint density at radius 1 is 1.07 bits per heavy atom. The van der Waals surface area contributed by atoms with Crippen LogP contribution in [0.2, 0.25) is 0 Å². The Labute approximate surface area is 170 Å². The summed E-state index contributed by atoms with van der Waals surface area (Å²) >= 11 is 5.24. The van der Waals surface area contributed by atoms with Gasteiger partial charge < -0.3 is 20.3 Å². The summed E-state index contributed by atoms with van der Waals surface area (Å²) in [4.78, 5) is 13.5. The molecule has 0 atom stereocenters. The fourth-order valence-corrected chi connectivity index (χ4v) is 2.86. The Morgan fingerprint density at radius 2 is 1.68 bits per heavy atom. The molecule has 0 unspecified atom stereocenters. The normalized spacial score (nSPS) is 10.6. The van der Waals surface area contributed by atoms with Crippen LogP contribution >= 0.6 is 12.2 Å². The monoisotopic (exact) mass is 404 g/mol. The van der Waals surface area contributed by atoms with Crippen LogP contribution in [0.15, 0.2) is 42.5 Å². The average molecular weight is 405 g/mol. The predicted octanol–water partition coefficient (Wildman–Crippen LogP) is 3.02. The van der Waals surface area contributed by atoms with Gasteiger partial charge in [-0.2, -0.15) is 0 Å². The number of benzene rings is 2. The van der Waals surface area contributed by atoms with Gasteiger partial charge in [-0.25, -0.2) is 9.18 Å². The number of esters is 1. The molecule has 0 bridgehead atoms. The van der Waals surface area contributed by atoms with Crippen LogP contribution in [0.25, 0.3) is 0 Å². The number of rotatable bonds is 8. The van der Waals surface area contributed by atoms with Gasteiger partial charge in [0.2, 0.25) is 0 Å². The number of likely N-dealkylation sites (N-methyl/N-ethyl adjacent to an activating group) is 1. The molecule has 2 aromatic rings. The lowest BCUT2D eigenvalue weighted by Crippen LogP contribution is -3.11. The van der Waals surface area contributed by atoms with E-state index in [9.17, 15) is 9.18 Å². The first-order valence-corrected chi connectivity index (χ1v) is 9.78. The van der Waals surface area contributed by atoms with Gasteiger partial charge in [-0.1, -0.05) is 6.07 Å². The highest BCUT2D eigenvalue weighted by Gasteiger charge is 2.10. The van der Waals surface area contributed by atoms with Crippen LogP contribution in [-0.2, 0) is 4.74 Å². The van der Waals surface area contributed by atoms with E-state index in [0.29, 0.717) is 34.2 Å². The van der Waals surface area contributed by atoms with E-state index in [-0.39, 0.29) is 11.8 Å². The molecule has 5 nitrogen and oxygen atoms in total. The highest BCUT2D eigenvalue weighted by atomic mass is 32.1. The maximum atomic E-state index is 13.6. The Kier molecular flexibility index (Phi) is 8.35. The molecule has 0 aliphatic rings. The Hall–Kier alpha value is -2.51. The van der Waals surface area contributed by atoms with Crippen LogP contribution in [0, 0.1) is 12.7 Å². The fourth-order valence-electron chi connectivity index (χ4n) is 2.63. The summed E-state index contributed by atoms with van der Waals surface area (Å²) in [7, 11) is 0. The number of aryl methyl sites for hydroxylation is 1. The molecule has 0 fully saturated rings. The first-order valence-electron chi connectivity index (χ1n) is 9.37.